The lowest BCUT2D eigenvalue weighted by Gasteiger charge is -2.42. The summed E-state index contributed by atoms with van der Waals surface area (Å²) >= 11 is 3.40. The first kappa shape index (κ1) is 19.1. The average Bonchev–Trinajstić information content (AvgIpc) is 2.53. The van der Waals surface area contributed by atoms with E-state index in [9.17, 15) is 14.7 Å². The van der Waals surface area contributed by atoms with Gasteiger partial charge in [0.15, 0.2) is 5.78 Å². The lowest BCUT2D eigenvalue weighted by Crippen LogP contribution is -2.49. The van der Waals surface area contributed by atoms with Crippen LogP contribution in [-0.2, 0) is 19.1 Å². The van der Waals surface area contributed by atoms with Gasteiger partial charge in [-0.2, -0.15) is 0 Å². The van der Waals surface area contributed by atoms with Crippen molar-refractivity contribution in [2.45, 2.75) is 51.7 Å². The van der Waals surface area contributed by atoms with E-state index in [-0.39, 0.29) is 24.2 Å². The molecular weight excluding hydrogens is 400 g/mol. The van der Waals surface area contributed by atoms with E-state index in [1.165, 1.54) is 0 Å². The number of carbonyl (C=O) groups is 2. The Morgan fingerprint density at radius 1 is 1.31 bits per heavy atom. The molecule has 6 heteroatoms. The quantitative estimate of drug-likeness (QED) is 0.748. The Morgan fingerprint density at radius 3 is 2.58 bits per heavy atom. The minimum atomic E-state index is -2.08. The zero-order valence-electron chi connectivity index (χ0n) is 15.2. The Morgan fingerprint density at radius 2 is 1.96 bits per heavy atom. The standard InChI is InChI=1S/C20H23BrO5/c1-4-25-18(23)20(24)9-14(12-5-7-13(21)8-6-12)17-15(22)10-19(2,3)11-16(17)26-20/h5-8,14,24H,4,9-11H2,1-3H3/t14-,20+/m1/s1. The number of carbonyl (C=O) groups excluding carboxylic acids is 2. The highest BCUT2D eigenvalue weighted by Crippen LogP contribution is 2.49. The first-order valence-electron chi connectivity index (χ1n) is 8.75. The lowest BCUT2D eigenvalue weighted by atomic mass is 9.70. The number of aliphatic hydroxyl groups is 1. The number of ether oxygens (including phenoxy) is 2. The minimum Gasteiger partial charge on any atom is -0.461 e. The largest absolute Gasteiger partial charge is 0.461 e. The van der Waals surface area contributed by atoms with Gasteiger partial charge in [0.1, 0.15) is 5.76 Å². The van der Waals surface area contributed by atoms with Crippen LogP contribution in [0.3, 0.4) is 0 Å². The molecule has 0 fully saturated rings. The van der Waals surface area contributed by atoms with Gasteiger partial charge < -0.3 is 14.6 Å². The third-order valence-electron chi connectivity index (χ3n) is 4.87. The summed E-state index contributed by atoms with van der Waals surface area (Å²) in [6.07, 6.45) is 0.862. The summed E-state index contributed by atoms with van der Waals surface area (Å²) in [7, 11) is 0. The molecule has 0 saturated carbocycles. The molecule has 0 spiro atoms. The summed E-state index contributed by atoms with van der Waals surface area (Å²) < 4.78 is 11.6. The third kappa shape index (κ3) is 3.58. The molecule has 1 aromatic carbocycles. The number of halogens is 1. The van der Waals surface area contributed by atoms with E-state index in [1.807, 2.05) is 38.1 Å². The van der Waals surface area contributed by atoms with Crippen molar-refractivity contribution in [1.29, 1.82) is 0 Å². The van der Waals surface area contributed by atoms with Gasteiger partial charge >= 0.3 is 11.8 Å². The minimum absolute atomic E-state index is 0.00933. The molecule has 0 radical (unpaired) electrons. The molecule has 0 bridgehead atoms. The number of rotatable bonds is 3. The van der Waals surface area contributed by atoms with Crippen LogP contribution in [0, 0.1) is 5.41 Å². The molecule has 1 aliphatic carbocycles. The maximum absolute atomic E-state index is 12.9. The van der Waals surface area contributed by atoms with E-state index in [4.69, 9.17) is 9.47 Å². The molecule has 2 atom stereocenters. The fraction of sp³-hybridized carbons (Fsp3) is 0.500. The zero-order valence-corrected chi connectivity index (χ0v) is 16.8. The van der Waals surface area contributed by atoms with Crippen molar-refractivity contribution < 1.29 is 24.2 Å². The molecular formula is C20H23BrO5. The fourth-order valence-corrected chi connectivity index (χ4v) is 3.99. The first-order chi connectivity index (χ1) is 12.1. The number of Topliss-reactive ketones (excluding diaryl/α,β-unsaturated/α-hetero) is 1. The normalized spacial score (nSPS) is 27.6. The van der Waals surface area contributed by atoms with E-state index < -0.39 is 17.7 Å². The van der Waals surface area contributed by atoms with Crippen LogP contribution in [0.15, 0.2) is 40.1 Å². The lowest BCUT2D eigenvalue weighted by molar-refractivity contribution is -0.225. The molecule has 5 nitrogen and oxygen atoms in total. The van der Waals surface area contributed by atoms with Gasteiger partial charge in [-0.25, -0.2) is 4.79 Å². The molecule has 26 heavy (non-hydrogen) atoms. The maximum Gasteiger partial charge on any atom is 0.379 e. The number of hydrogen-bond donors (Lipinski definition) is 1. The second-order valence-corrected chi connectivity index (χ2v) is 8.61. The summed E-state index contributed by atoms with van der Waals surface area (Å²) in [5.41, 5.74) is 1.15. The molecule has 0 amide bonds. The van der Waals surface area contributed by atoms with E-state index in [0.717, 1.165) is 10.0 Å². The van der Waals surface area contributed by atoms with E-state index in [0.29, 0.717) is 24.2 Å². The van der Waals surface area contributed by atoms with Crippen LogP contribution >= 0.6 is 15.9 Å². The second-order valence-electron chi connectivity index (χ2n) is 7.69. The predicted octanol–water partition coefficient (Wildman–Crippen LogP) is 3.85. The second kappa shape index (κ2) is 6.82. The Bertz CT molecular complexity index is 765. The van der Waals surface area contributed by atoms with Gasteiger partial charge in [0.2, 0.25) is 0 Å². The monoisotopic (exact) mass is 422 g/mol. The Hall–Kier alpha value is -1.66. The zero-order chi connectivity index (χ0) is 19.1. The summed E-state index contributed by atoms with van der Waals surface area (Å²) in [5, 5.41) is 10.9. The highest BCUT2D eigenvalue weighted by molar-refractivity contribution is 9.10. The Balaban J connectivity index is 2.09. The topological polar surface area (TPSA) is 72.8 Å². The van der Waals surface area contributed by atoms with E-state index in [1.54, 1.807) is 6.92 Å². The molecule has 1 heterocycles. The number of esters is 1. The van der Waals surface area contributed by atoms with Crippen molar-refractivity contribution in [2.75, 3.05) is 6.61 Å². The van der Waals surface area contributed by atoms with Crippen LogP contribution in [0.2, 0.25) is 0 Å². The molecule has 1 aliphatic heterocycles. The smallest absolute Gasteiger partial charge is 0.379 e. The first-order valence-corrected chi connectivity index (χ1v) is 9.55. The average molecular weight is 423 g/mol. The van der Waals surface area contributed by atoms with Gasteiger partial charge in [0.05, 0.1) is 6.61 Å². The van der Waals surface area contributed by atoms with Crippen LogP contribution in [0.4, 0.5) is 0 Å². The van der Waals surface area contributed by atoms with Crippen molar-refractivity contribution in [3.8, 4) is 0 Å². The van der Waals surface area contributed by atoms with Gasteiger partial charge in [-0.05, 0) is 30.0 Å². The Kier molecular flexibility index (Phi) is 5.01. The van der Waals surface area contributed by atoms with Crippen molar-refractivity contribution >= 4 is 27.7 Å². The van der Waals surface area contributed by atoms with Crippen molar-refractivity contribution in [3.05, 3.63) is 45.6 Å². The molecule has 1 N–H and O–H groups in total. The van der Waals surface area contributed by atoms with Crippen LogP contribution in [-0.4, -0.2) is 29.3 Å². The molecule has 1 aromatic rings. The van der Waals surface area contributed by atoms with Crippen molar-refractivity contribution in [3.63, 3.8) is 0 Å². The van der Waals surface area contributed by atoms with Crippen molar-refractivity contribution in [2.24, 2.45) is 5.41 Å². The predicted molar refractivity (Wildman–Crippen MR) is 99.2 cm³/mol. The highest BCUT2D eigenvalue weighted by atomic mass is 79.9. The van der Waals surface area contributed by atoms with E-state index >= 15 is 0 Å². The summed E-state index contributed by atoms with van der Waals surface area (Å²) in [6, 6.07) is 7.55. The third-order valence-corrected chi connectivity index (χ3v) is 5.40. The van der Waals surface area contributed by atoms with Crippen molar-refractivity contribution in [1.82, 2.24) is 0 Å². The van der Waals surface area contributed by atoms with Gasteiger partial charge in [-0.3, -0.25) is 4.79 Å². The van der Waals surface area contributed by atoms with Crippen LogP contribution in [0.25, 0.3) is 0 Å². The van der Waals surface area contributed by atoms with Gasteiger partial charge in [-0.15, -0.1) is 0 Å². The van der Waals surface area contributed by atoms with Crippen LogP contribution in [0.1, 0.15) is 51.5 Å². The van der Waals surface area contributed by atoms with E-state index in [2.05, 4.69) is 15.9 Å². The molecule has 2 aliphatic rings. The fourth-order valence-electron chi connectivity index (χ4n) is 3.73. The summed E-state index contributed by atoms with van der Waals surface area (Å²) in [5.74, 6) is -2.90. The SMILES string of the molecule is CCOC(=O)[C@]1(O)C[C@H](c2ccc(Br)cc2)C2=C(CC(C)(C)CC2=O)O1. The number of ketones is 1. The number of hydrogen-bond acceptors (Lipinski definition) is 5. The van der Waals surface area contributed by atoms with Gasteiger partial charge in [-0.1, -0.05) is 41.9 Å². The number of allylic oxidation sites excluding steroid dienone is 2. The number of benzene rings is 1. The molecule has 0 aromatic heterocycles. The van der Waals surface area contributed by atoms with Crippen LogP contribution in [0.5, 0.6) is 0 Å². The maximum atomic E-state index is 12.9. The summed E-state index contributed by atoms with van der Waals surface area (Å²) in [6.45, 7) is 5.77. The molecule has 3 rings (SSSR count). The molecule has 0 unspecified atom stereocenters. The molecule has 0 saturated heterocycles. The Labute approximate surface area is 161 Å². The highest BCUT2D eigenvalue weighted by Gasteiger charge is 2.52. The molecule has 140 valence electrons. The van der Waals surface area contributed by atoms with Gasteiger partial charge in [0, 0.05) is 35.2 Å². The summed E-state index contributed by atoms with van der Waals surface area (Å²) in [4.78, 5) is 25.2. The van der Waals surface area contributed by atoms with Crippen LogP contribution < -0.4 is 0 Å². The van der Waals surface area contributed by atoms with Gasteiger partial charge in [0.25, 0.3) is 0 Å².